The molecule has 7 nitrogen and oxygen atoms in total. The number of morpholine rings is 1. The van der Waals surface area contributed by atoms with Crippen LogP contribution < -0.4 is 5.56 Å². The van der Waals surface area contributed by atoms with Crippen LogP contribution in [0.2, 0.25) is 0 Å². The molecular weight excluding hydrogens is 318 g/mol. The number of hydrogen-bond acceptors (Lipinski definition) is 5. The highest BCUT2D eigenvalue weighted by Crippen LogP contribution is 2.25. The molecule has 7 heteroatoms. The van der Waals surface area contributed by atoms with E-state index in [0.717, 1.165) is 13.1 Å². The smallest absolute Gasteiger partial charge is 0.262 e. The van der Waals surface area contributed by atoms with Crippen LogP contribution in [0.15, 0.2) is 41.3 Å². The molecule has 0 radical (unpaired) electrons. The molecule has 0 saturated carbocycles. The Balaban J connectivity index is 1.57. The molecular formula is C18H21N5O2. The second-order valence-corrected chi connectivity index (χ2v) is 6.56. The summed E-state index contributed by atoms with van der Waals surface area (Å²) >= 11 is 0. The van der Waals surface area contributed by atoms with Crippen molar-refractivity contribution in [1.82, 2.24) is 24.6 Å². The zero-order valence-electron chi connectivity index (χ0n) is 14.3. The molecule has 2 aromatic heterocycles. The van der Waals surface area contributed by atoms with E-state index in [1.54, 1.807) is 17.9 Å². The number of hydrogen-bond donors (Lipinski definition) is 1. The molecule has 0 amide bonds. The van der Waals surface area contributed by atoms with Gasteiger partial charge in [-0.2, -0.15) is 5.10 Å². The minimum atomic E-state index is -0.144. The van der Waals surface area contributed by atoms with Crippen molar-refractivity contribution in [2.45, 2.75) is 25.7 Å². The van der Waals surface area contributed by atoms with Crippen molar-refractivity contribution in [2.24, 2.45) is 7.05 Å². The predicted molar refractivity (Wildman–Crippen MR) is 94.1 cm³/mol. The Morgan fingerprint density at radius 2 is 2.08 bits per heavy atom. The Labute approximate surface area is 145 Å². The van der Waals surface area contributed by atoms with Crippen LogP contribution in [0.4, 0.5) is 0 Å². The Morgan fingerprint density at radius 1 is 1.28 bits per heavy atom. The summed E-state index contributed by atoms with van der Waals surface area (Å²) in [6.07, 6.45) is 1.69. The molecule has 1 aliphatic heterocycles. The van der Waals surface area contributed by atoms with Gasteiger partial charge in [-0.05, 0) is 12.5 Å². The van der Waals surface area contributed by atoms with Crippen molar-refractivity contribution in [3.63, 3.8) is 0 Å². The second-order valence-electron chi connectivity index (χ2n) is 6.56. The lowest BCUT2D eigenvalue weighted by Gasteiger charge is -2.36. The summed E-state index contributed by atoms with van der Waals surface area (Å²) in [4.78, 5) is 21.9. The van der Waals surface area contributed by atoms with E-state index in [0.29, 0.717) is 23.4 Å². The van der Waals surface area contributed by atoms with Crippen LogP contribution in [0.25, 0.3) is 11.0 Å². The fraction of sp³-hybridized carbons (Fsp3) is 0.389. The highest BCUT2D eigenvalue weighted by Gasteiger charge is 2.27. The van der Waals surface area contributed by atoms with E-state index in [1.165, 1.54) is 5.56 Å². The van der Waals surface area contributed by atoms with Gasteiger partial charge in [0.05, 0.1) is 24.9 Å². The molecule has 0 aliphatic carbocycles. The van der Waals surface area contributed by atoms with E-state index < -0.39 is 0 Å². The minimum Gasteiger partial charge on any atom is -0.368 e. The topological polar surface area (TPSA) is 76.0 Å². The Hall–Kier alpha value is -2.51. The summed E-state index contributed by atoms with van der Waals surface area (Å²) in [5.74, 6) is 0.655. The minimum absolute atomic E-state index is 0.0251. The van der Waals surface area contributed by atoms with E-state index in [9.17, 15) is 4.79 Å². The molecule has 1 aromatic carbocycles. The molecule has 3 aromatic rings. The number of aromatic nitrogens is 4. The number of aromatic amines is 1. The van der Waals surface area contributed by atoms with Gasteiger partial charge in [-0.1, -0.05) is 30.3 Å². The van der Waals surface area contributed by atoms with Gasteiger partial charge in [-0.25, -0.2) is 4.98 Å². The normalized spacial score (nSPS) is 21.7. The van der Waals surface area contributed by atoms with E-state index in [4.69, 9.17) is 4.74 Å². The number of nitrogens with zero attached hydrogens (tertiary/aromatic N) is 4. The van der Waals surface area contributed by atoms with Gasteiger partial charge in [0.25, 0.3) is 5.56 Å². The summed E-state index contributed by atoms with van der Waals surface area (Å²) in [6, 6.07) is 10.2. The van der Waals surface area contributed by atoms with Gasteiger partial charge in [0, 0.05) is 20.1 Å². The van der Waals surface area contributed by atoms with Crippen molar-refractivity contribution in [1.29, 1.82) is 0 Å². The quantitative estimate of drug-likeness (QED) is 0.785. The van der Waals surface area contributed by atoms with Crippen molar-refractivity contribution >= 4 is 11.0 Å². The third-order valence-electron chi connectivity index (χ3n) is 4.53. The second kappa shape index (κ2) is 6.42. The summed E-state index contributed by atoms with van der Waals surface area (Å²) in [6.45, 7) is 4.22. The fourth-order valence-electron chi connectivity index (χ4n) is 3.38. The molecule has 4 rings (SSSR count). The maximum atomic E-state index is 12.2. The van der Waals surface area contributed by atoms with Gasteiger partial charge in [0.1, 0.15) is 11.2 Å². The number of rotatable bonds is 3. The molecule has 130 valence electrons. The maximum Gasteiger partial charge on any atom is 0.262 e. The maximum absolute atomic E-state index is 12.2. The zero-order chi connectivity index (χ0) is 17.4. The van der Waals surface area contributed by atoms with E-state index >= 15 is 0 Å². The van der Waals surface area contributed by atoms with Crippen molar-refractivity contribution in [2.75, 3.05) is 13.1 Å². The number of aryl methyl sites for hydroxylation is 1. The first-order chi connectivity index (χ1) is 12.1. The molecule has 0 bridgehead atoms. The number of H-pyrrole nitrogens is 1. The lowest BCUT2D eigenvalue weighted by Crippen LogP contribution is -2.42. The van der Waals surface area contributed by atoms with Crippen LogP contribution in [0, 0.1) is 0 Å². The standard InChI is InChI=1S/C18H21N5O2/c1-12-9-23(10-15(25-12)13-6-4-3-5-7-13)11-16-20-17-14(18(24)21-16)8-19-22(17)2/h3-8,12,15H,9-11H2,1-2H3,(H,20,21,24)/t12-,15+/m0/s1. The summed E-state index contributed by atoms with van der Waals surface area (Å²) in [5.41, 5.74) is 1.64. The first-order valence-electron chi connectivity index (χ1n) is 8.44. The SMILES string of the molecule is C[C@H]1CN(Cc2nc3c(cnn3C)c(=O)[nH]2)C[C@H](c2ccccc2)O1. The van der Waals surface area contributed by atoms with Crippen molar-refractivity contribution in [3.05, 3.63) is 58.3 Å². The first kappa shape index (κ1) is 16.0. The van der Waals surface area contributed by atoms with Crippen LogP contribution in [-0.2, 0) is 18.3 Å². The Bertz CT molecular complexity index is 934. The van der Waals surface area contributed by atoms with Gasteiger partial charge in [0.2, 0.25) is 0 Å². The summed E-state index contributed by atoms with van der Waals surface area (Å²) in [7, 11) is 1.79. The molecule has 2 atom stereocenters. The number of fused-ring (bicyclic) bond motifs is 1. The van der Waals surface area contributed by atoms with Gasteiger partial charge < -0.3 is 9.72 Å². The van der Waals surface area contributed by atoms with Gasteiger partial charge in [0.15, 0.2) is 5.65 Å². The lowest BCUT2D eigenvalue weighted by molar-refractivity contribution is -0.0819. The largest absolute Gasteiger partial charge is 0.368 e. The number of benzene rings is 1. The molecule has 1 saturated heterocycles. The monoisotopic (exact) mass is 339 g/mol. The van der Waals surface area contributed by atoms with Gasteiger partial charge in [-0.15, -0.1) is 0 Å². The van der Waals surface area contributed by atoms with Crippen molar-refractivity contribution in [3.8, 4) is 0 Å². The average molecular weight is 339 g/mol. The highest BCUT2D eigenvalue weighted by atomic mass is 16.5. The van der Waals surface area contributed by atoms with Crippen LogP contribution >= 0.6 is 0 Å². The Morgan fingerprint density at radius 3 is 2.88 bits per heavy atom. The lowest BCUT2D eigenvalue weighted by atomic mass is 10.1. The highest BCUT2D eigenvalue weighted by molar-refractivity contribution is 5.72. The first-order valence-corrected chi connectivity index (χ1v) is 8.44. The van der Waals surface area contributed by atoms with Crippen LogP contribution in [-0.4, -0.2) is 43.8 Å². The molecule has 1 aliphatic rings. The molecule has 1 fully saturated rings. The number of ether oxygens (including phenoxy) is 1. The van der Waals surface area contributed by atoms with Crippen LogP contribution in [0.5, 0.6) is 0 Å². The number of nitrogens with one attached hydrogen (secondary N) is 1. The average Bonchev–Trinajstić information content (AvgIpc) is 2.97. The molecule has 0 spiro atoms. The summed E-state index contributed by atoms with van der Waals surface area (Å²) < 4.78 is 7.72. The van der Waals surface area contributed by atoms with Crippen molar-refractivity contribution < 1.29 is 4.74 Å². The fourth-order valence-corrected chi connectivity index (χ4v) is 3.38. The third-order valence-corrected chi connectivity index (χ3v) is 4.53. The van der Waals surface area contributed by atoms with E-state index in [2.05, 4.69) is 39.0 Å². The van der Waals surface area contributed by atoms with Crippen LogP contribution in [0.3, 0.4) is 0 Å². The van der Waals surface area contributed by atoms with Gasteiger partial charge >= 0.3 is 0 Å². The van der Waals surface area contributed by atoms with E-state index in [-0.39, 0.29) is 17.8 Å². The third kappa shape index (κ3) is 3.20. The van der Waals surface area contributed by atoms with Gasteiger partial charge in [-0.3, -0.25) is 14.4 Å². The Kier molecular flexibility index (Phi) is 4.10. The molecule has 1 N–H and O–H groups in total. The van der Waals surface area contributed by atoms with Crippen LogP contribution in [0.1, 0.15) is 24.4 Å². The molecule has 3 heterocycles. The summed E-state index contributed by atoms with van der Waals surface area (Å²) in [5, 5.41) is 4.63. The zero-order valence-corrected chi connectivity index (χ0v) is 14.3. The molecule has 0 unspecified atom stereocenters. The van der Waals surface area contributed by atoms with E-state index in [1.807, 2.05) is 18.2 Å². The molecule has 25 heavy (non-hydrogen) atoms. The predicted octanol–water partition coefficient (Wildman–Crippen LogP) is 1.62.